The van der Waals surface area contributed by atoms with Gasteiger partial charge in [0.2, 0.25) is 0 Å². The van der Waals surface area contributed by atoms with Gasteiger partial charge in [0.05, 0.1) is 12.1 Å². The zero-order valence-corrected chi connectivity index (χ0v) is 11.3. The van der Waals surface area contributed by atoms with E-state index in [1.54, 1.807) is 14.2 Å². The molecule has 0 aliphatic heterocycles. The van der Waals surface area contributed by atoms with Crippen LogP contribution < -0.4 is 10.6 Å². The van der Waals surface area contributed by atoms with Gasteiger partial charge in [0.15, 0.2) is 6.29 Å². The number of urea groups is 1. The lowest BCUT2D eigenvalue weighted by molar-refractivity contribution is -0.0972. The lowest BCUT2D eigenvalue weighted by Crippen LogP contribution is -2.45. The normalized spacial score (nSPS) is 16.2. The summed E-state index contributed by atoms with van der Waals surface area (Å²) in [4.78, 5) is 11.9. The number of benzene rings is 1. The topological polar surface area (TPSA) is 59.6 Å². The maximum atomic E-state index is 11.9. The van der Waals surface area contributed by atoms with Crippen LogP contribution in [0, 0.1) is 0 Å². The predicted octanol–water partition coefficient (Wildman–Crippen LogP) is 1.59. The molecule has 0 heterocycles. The molecule has 0 unspecified atom stereocenters. The first-order valence-electron chi connectivity index (χ1n) is 6.37. The Bertz CT molecular complexity index is 414. The standard InChI is InChI=1S/C14H20N2O3/c1-18-12(19-2)10-15-13(17)16-14(8-9-14)11-6-4-3-5-7-11/h3-7,12H,8-10H2,1-2H3,(H2,15,16,17). The Morgan fingerprint density at radius 3 is 2.42 bits per heavy atom. The highest BCUT2D eigenvalue weighted by atomic mass is 16.7. The molecular weight excluding hydrogens is 244 g/mol. The van der Waals surface area contributed by atoms with E-state index < -0.39 is 6.29 Å². The van der Waals surface area contributed by atoms with Gasteiger partial charge in [0.1, 0.15) is 0 Å². The first-order chi connectivity index (χ1) is 9.20. The fraction of sp³-hybridized carbons (Fsp3) is 0.500. The van der Waals surface area contributed by atoms with E-state index in [0.717, 1.165) is 18.4 Å². The van der Waals surface area contributed by atoms with E-state index in [1.807, 2.05) is 30.3 Å². The number of ether oxygens (including phenoxy) is 2. The van der Waals surface area contributed by atoms with Crippen LogP contribution in [0.1, 0.15) is 18.4 Å². The minimum Gasteiger partial charge on any atom is -0.354 e. The van der Waals surface area contributed by atoms with Crippen molar-refractivity contribution < 1.29 is 14.3 Å². The van der Waals surface area contributed by atoms with Crippen molar-refractivity contribution in [1.82, 2.24) is 10.6 Å². The van der Waals surface area contributed by atoms with E-state index >= 15 is 0 Å². The molecule has 1 aliphatic carbocycles. The number of amides is 2. The lowest BCUT2D eigenvalue weighted by Gasteiger charge is -2.20. The summed E-state index contributed by atoms with van der Waals surface area (Å²) in [7, 11) is 3.08. The number of nitrogens with one attached hydrogen (secondary N) is 2. The van der Waals surface area contributed by atoms with Crippen LogP contribution in [0.2, 0.25) is 0 Å². The van der Waals surface area contributed by atoms with Crippen molar-refractivity contribution in [2.75, 3.05) is 20.8 Å². The Kier molecular flexibility index (Phi) is 4.39. The van der Waals surface area contributed by atoms with Crippen LogP contribution in [0.3, 0.4) is 0 Å². The molecule has 0 bridgehead atoms. The van der Waals surface area contributed by atoms with Gasteiger partial charge in [-0.15, -0.1) is 0 Å². The zero-order valence-electron chi connectivity index (χ0n) is 11.3. The summed E-state index contributed by atoms with van der Waals surface area (Å²) < 4.78 is 10.0. The fourth-order valence-corrected chi connectivity index (χ4v) is 2.07. The molecular formula is C14H20N2O3. The third-order valence-corrected chi connectivity index (χ3v) is 3.38. The molecule has 1 fully saturated rings. The SMILES string of the molecule is COC(CNC(=O)NC1(c2ccccc2)CC1)OC. The second-order valence-corrected chi connectivity index (χ2v) is 4.68. The maximum absolute atomic E-state index is 11.9. The molecule has 0 atom stereocenters. The lowest BCUT2D eigenvalue weighted by atomic mass is 10.1. The average Bonchev–Trinajstić information content (AvgIpc) is 3.22. The quantitative estimate of drug-likeness (QED) is 0.767. The highest BCUT2D eigenvalue weighted by Gasteiger charge is 2.45. The fourth-order valence-electron chi connectivity index (χ4n) is 2.07. The van der Waals surface area contributed by atoms with Gasteiger partial charge < -0.3 is 20.1 Å². The number of carbonyl (C=O) groups is 1. The maximum Gasteiger partial charge on any atom is 0.315 e. The van der Waals surface area contributed by atoms with Crippen LogP contribution in [0.4, 0.5) is 4.79 Å². The molecule has 0 aromatic heterocycles. The van der Waals surface area contributed by atoms with Crippen LogP contribution in [0.25, 0.3) is 0 Å². The van der Waals surface area contributed by atoms with E-state index in [9.17, 15) is 4.79 Å². The van der Waals surface area contributed by atoms with Gasteiger partial charge in [-0.05, 0) is 18.4 Å². The third kappa shape index (κ3) is 3.45. The van der Waals surface area contributed by atoms with Crippen molar-refractivity contribution in [2.24, 2.45) is 0 Å². The Labute approximate surface area is 113 Å². The second kappa shape index (κ2) is 6.04. The first kappa shape index (κ1) is 13.8. The van der Waals surface area contributed by atoms with Crippen LogP contribution in [-0.4, -0.2) is 33.1 Å². The summed E-state index contributed by atoms with van der Waals surface area (Å²) in [6.45, 7) is 0.323. The van der Waals surface area contributed by atoms with Crippen LogP contribution >= 0.6 is 0 Å². The number of hydrogen-bond acceptors (Lipinski definition) is 3. The smallest absolute Gasteiger partial charge is 0.315 e. The molecule has 1 aliphatic rings. The number of carbonyl (C=O) groups excluding carboxylic acids is 1. The summed E-state index contributed by atoms with van der Waals surface area (Å²) in [5.74, 6) is 0. The van der Waals surface area contributed by atoms with Crippen LogP contribution in [0.15, 0.2) is 30.3 Å². The molecule has 2 amide bonds. The largest absolute Gasteiger partial charge is 0.354 e. The van der Waals surface area contributed by atoms with Crippen molar-refractivity contribution in [1.29, 1.82) is 0 Å². The molecule has 0 saturated heterocycles. The Balaban J connectivity index is 1.86. The van der Waals surface area contributed by atoms with Gasteiger partial charge in [-0.25, -0.2) is 4.79 Å². The molecule has 1 aromatic carbocycles. The average molecular weight is 264 g/mol. The molecule has 0 spiro atoms. The molecule has 5 nitrogen and oxygen atoms in total. The molecule has 1 saturated carbocycles. The van der Waals surface area contributed by atoms with Gasteiger partial charge in [-0.1, -0.05) is 30.3 Å². The number of hydrogen-bond donors (Lipinski definition) is 2. The molecule has 5 heteroatoms. The van der Waals surface area contributed by atoms with Crippen molar-refractivity contribution in [3.63, 3.8) is 0 Å². The summed E-state index contributed by atoms with van der Waals surface area (Å²) in [5, 5.41) is 5.78. The predicted molar refractivity (Wildman–Crippen MR) is 71.7 cm³/mol. The van der Waals surface area contributed by atoms with Crippen LogP contribution in [-0.2, 0) is 15.0 Å². The van der Waals surface area contributed by atoms with E-state index in [-0.39, 0.29) is 11.6 Å². The minimum absolute atomic E-state index is 0.193. The van der Waals surface area contributed by atoms with E-state index in [1.165, 1.54) is 0 Å². The highest BCUT2D eigenvalue weighted by Crippen LogP contribution is 2.45. The second-order valence-electron chi connectivity index (χ2n) is 4.68. The molecule has 2 N–H and O–H groups in total. The molecule has 0 radical (unpaired) electrons. The minimum atomic E-state index is -0.419. The monoisotopic (exact) mass is 264 g/mol. The Hall–Kier alpha value is -1.59. The van der Waals surface area contributed by atoms with Gasteiger partial charge >= 0.3 is 6.03 Å². The summed E-state index contributed by atoms with van der Waals surface area (Å²) >= 11 is 0. The Morgan fingerprint density at radius 1 is 1.26 bits per heavy atom. The van der Waals surface area contributed by atoms with Crippen molar-refractivity contribution in [3.8, 4) is 0 Å². The number of methoxy groups -OCH3 is 2. The van der Waals surface area contributed by atoms with E-state index in [2.05, 4.69) is 10.6 Å². The van der Waals surface area contributed by atoms with E-state index in [4.69, 9.17) is 9.47 Å². The van der Waals surface area contributed by atoms with Crippen molar-refractivity contribution in [2.45, 2.75) is 24.7 Å². The summed E-state index contributed by atoms with van der Waals surface area (Å²) in [6, 6.07) is 9.84. The van der Waals surface area contributed by atoms with E-state index in [0.29, 0.717) is 6.54 Å². The van der Waals surface area contributed by atoms with Crippen molar-refractivity contribution in [3.05, 3.63) is 35.9 Å². The van der Waals surface area contributed by atoms with Gasteiger partial charge in [0, 0.05) is 14.2 Å². The molecule has 1 aromatic rings. The van der Waals surface area contributed by atoms with Crippen LogP contribution in [0.5, 0.6) is 0 Å². The van der Waals surface area contributed by atoms with Gasteiger partial charge in [-0.2, -0.15) is 0 Å². The third-order valence-electron chi connectivity index (χ3n) is 3.38. The zero-order chi connectivity index (χ0) is 13.7. The Morgan fingerprint density at radius 2 is 1.89 bits per heavy atom. The van der Waals surface area contributed by atoms with Gasteiger partial charge in [-0.3, -0.25) is 0 Å². The molecule has 104 valence electrons. The first-order valence-corrected chi connectivity index (χ1v) is 6.37. The molecule has 19 heavy (non-hydrogen) atoms. The summed E-state index contributed by atoms with van der Waals surface area (Å²) in [5.41, 5.74) is 0.959. The van der Waals surface area contributed by atoms with Gasteiger partial charge in [0.25, 0.3) is 0 Å². The van der Waals surface area contributed by atoms with Crippen molar-refractivity contribution >= 4 is 6.03 Å². The number of rotatable bonds is 6. The summed E-state index contributed by atoms with van der Waals surface area (Å²) in [6.07, 6.45) is 1.53. The highest BCUT2D eigenvalue weighted by molar-refractivity contribution is 5.75. The molecule has 2 rings (SSSR count).